The molecule has 0 aromatic carbocycles. The summed E-state index contributed by atoms with van der Waals surface area (Å²) in [6.07, 6.45) is 4.76. The summed E-state index contributed by atoms with van der Waals surface area (Å²) >= 11 is 0. The Balaban J connectivity index is 2.25. The number of pyridine rings is 1. The summed E-state index contributed by atoms with van der Waals surface area (Å²) in [4.78, 5) is 6.46. The molecule has 1 aromatic heterocycles. The van der Waals surface area contributed by atoms with Gasteiger partial charge >= 0.3 is 0 Å². The molecule has 21 heavy (non-hydrogen) atoms. The SMILES string of the molecule is CCNc1ccncc1S(=O)(=O)N(C)C1CCN(C)CC1. The third kappa shape index (κ3) is 3.53. The fraction of sp³-hybridized carbons (Fsp3) is 0.643. The van der Waals surface area contributed by atoms with E-state index in [2.05, 4.69) is 22.2 Å². The van der Waals surface area contributed by atoms with Crippen molar-refractivity contribution in [3.05, 3.63) is 18.5 Å². The summed E-state index contributed by atoms with van der Waals surface area (Å²) in [5, 5.41) is 3.09. The van der Waals surface area contributed by atoms with Gasteiger partial charge in [0.15, 0.2) is 0 Å². The van der Waals surface area contributed by atoms with Crippen molar-refractivity contribution < 1.29 is 8.42 Å². The van der Waals surface area contributed by atoms with Crippen molar-refractivity contribution in [2.75, 3.05) is 39.0 Å². The Bertz CT molecular complexity index is 568. The highest BCUT2D eigenvalue weighted by molar-refractivity contribution is 7.89. The molecule has 1 aromatic rings. The summed E-state index contributed by atoms with van der Waals surface area (Å²) in [7, 11) is 0.220. The quantitative estimate of drug-likeness (QED) is 0.886. The van der Waals surface area contributed by atoms with Crippen molar-refractivity contribution in [2.24, 2.45) is 0 Å². The number of likely N-dealkylation sites (tertiary alicyclic amines) is 1. The number of hydrogen-bond donors (Lipinski definition) is 1. The Labute approximate surface area is 127 Å². The molecule has 1 saturated heterocycles. The van der Waals surface area contributed by atoms with Gasteiger partial charge in [-0.1, -0.05) is 0 Å². The molecule has 0 saturated carbocycles. The van der Waals surface area contributed by atoms with Crippen molar-refractivity contribution in [3.8, 4) is 0 Å². The van der Waals surface area contributed by atoms with Crippen molar-refractivity contribution in [1.82, 2.24) is 14.2 Å². The first-order chi connectivity index (χ1) is 9.96. The first-order valence-corrected chi connectivity index (χ1v) is 8.75. The fourth-order valence-corrected chi connectivity index (χ4v) is 4.16. The summed E-state index contributed by atoms with van der Waals surface area (Å²) in [5.74, 6) is 0. The number of anilines is 1. The molecule has 6 nitrogen and oxygen atoms in total. The van der Waals surface area contributed by atoms with E-state index < -0.39 is 10.0 Å². The molecule has 1 aliphatic rings. The van der Waals surface area contributed by atoms with Gasteiger partial charge in [-0.25, -0.2) is 8.42 Å². The lowest BCUT2D eigenvalue weighted by molar-refractivity contribution is 0.197. The van der Waals surface area contributed by atoms with Gasteiger partial charge in [-0.3, -0.25) is 4.98 Å². The van der Waals surface area contributed by atoms with Gasteiger partial charge in [0.05, 0.1) is 5.69 Å². The van der Waals surface area contributed by atoms with Crippen molar-refractivity contribution in [1.29, 1.82) is 0 Å². The molecular weight excluding hydrogens is 288 g/mol. The summed E-state index contributed by atoms with van der Waals surface area (Å²) < 4.78 is 27.2. The predicted octanol–water partition coefficient (Wildman–Crippen LogP) is 1.23. The first-order valence-electron chi connectivity index (χ1n) is 7.31. The number of rotatable bonds is 5. The van der Waals surface area contributed by atoms with Crippen LogP contribution in [0.3, 0.4) is 0 Å². The molecule has 1 fully saturated rings. The van der Waals surface area contributed by atoms with Crippen LogP contribution in [0, 0.1) is 0 Å². The zero-order valence-electron chi connectivity index (χ0n) is 12.9. The van der Waals surface area contributed by atoms with E-state index in [0.717, 1.165) is 25.9 Å². The minimum Gasteiger partial charge on any atom is -0.384 e. The van der Waals surface area contributed by atoms with Crippen LogP contribution in [0.4, 0.5) is 5.69 Å². The zero-order valence-corrected chi connectivity index (χ0v) is 13.7. The minimum atomic E-state index is -3.52. The fourth-order valence-electron chi connectivity index (χ4n) is 2.63. The normalized spacial score (nSPS) is 18.1. The van der Waals surface area contributed by atoms with Gasteiger partial charge in [-0.15, -0.1) is 0 Å². The number of hydrogen-bond acceptors (Lipinski definition) is 5. The Morgan fingerprint density at radius 3 is 2.71 bits per heavy atom. The second kappa shape index (κ2) is 6.72. The maximum absolute atomic E-state index is 12.8. The Morgan fingerprint density at radius 2 is 2.10 bits per heavy atom. The topological polar surface area (TPSA) is 65.5 Å². The van der Waals surface area contributed by atoms with Gasteiger partial charge in [-0.2, -0.15) is 4.31 Å². The molecule has 118 valence electrons. The number of piperidine rings is 1. The molecule has 0 atom stereocenters. The average molecular weight is 312 g/mol. The van der Waals surface area contributed by atoms with Crippen LogP contribution in [0.5, 0.6) is 0 Å². The number of nitrogens with zero attached hydrogens (tertiary/aromatic N) is 3. The zero-order chi connectivity index (χ0) is 15.5. The van der Waals surface area contributed by atoms with Crippen LogP contribution in [-0.4, -0.2) is 62.4 Å². The van der Waals surface area contributed by atoms with E-state index >= 15 is 0 Å². The number of sulfonamides is 1. The average Bonchev–Trinajstić information content (AvgIpc) is 2.48. The Kier molecular flexibility index (Phi) is 5.18. The summed E-state index contributed by atoms with van der Waals surface area (Å²) in [6.45, 7) is 4.47. The van der Waals surface area contributed by atoms with Gasteiger partial charge in [0.2, 0.25) is 10.0 Å². The summed E-state index contributed by atoms with van der Waals surface area (Å²) in [5.41, 5.74) is 0.618. The van der Waals surface area contributed by atoms with Gasteiger partial charge in [0.25, 0.3) is 0 Å². The Morgan fingerprint density at radius 1 is 1.43 bits per heavy atom. The van der Waals surface area contributed by atoms with Crippen molar-refractivity contribution >= 4 is 15.7 Å². The lowest BCUT2D eigenvalue weighted by Gasteiger charge is -2.34. The van der Waals surface area contributed by atoms with Crippen LogP contribution in [-0.2, 0) is 10.0 Å². The number of nitrogens with one attached hydrogen (secondary N) is 1. The lowest BCUT2D eigenvalue weighted by atomic mass is 10.1. The molecule has 0 amide bonds. The van der Waals surface area contributed by atoms with Crippen LogP contribution >= 0.6 is 0 Å². The molecule has 0 unspecified atom stereocenters. The largest absolute Gasteiger partial charge is 0.384 e. The van der Waals surface area contributed by atoms with E-state index in [1.165, 1.54) is 10.5 Å². The van der Waals surface area contributed by atoms with Crippen LogP contribution < -0.4 is 5.32 Å². The van der Waals surface area contributed by atoms with E-state index in [0.29, 0.717) is 12.2 Å². The number of aromatic nitrogens is 1. The highest BCUT2D eigenvalue weighted by atomic mass is 32.2. The second-order valence-corrected chi connectivity index (χ2v) is 7.42. The monoisotopic (exact) mass is 312 g/mol. The molecule has 2 rings (SSSR count). The standard InChI is InChI=1S/C14H24N4O2S/c1-4-16-13-5-8-15-11-14(13)21(19,20)18(3)12-6-9-17(2)10-7-12/h5,8,11-12H,4,6-7,9-10H2,1-3H3,(H,15,16). The molecule has 1 N–H and O–H groups in total. The second-order valence-electron chi connectivity index (χ2n) is 5.46. The smallest absolute Gasteiger partial charge is 0.246 e. The lowest BCUT2D eigenvalue weighted by Crippen LogP contribution is -2.44. The molecule has 1 aliphatic heterocycles. The van der Waals surface area contributed by atoms with Crippen LogP contribution in [0.15, 0.2) is 23.4 Å². The minimum absolute atomic E-state index is 0.0564. The van der Waals surface area contributed by atoms with E-state index in [-0.39, 0.29) is 10.9 Å². The molecule has 0 spiro atoms. The van der Waals surface area contributed by atoms with E-state index in [9.17, 15) is 8.42 Å². The van der Waals surface area contributed by atoms with Gasteiger partial charge in [0.1, 0.15) is 4.90 Å². The molecule has 0 aliphatic carbocycles. The maximum Gasteiger partial charge on any atom is 0.246 e. The summed E-state index contributed by atoms with van der Waals surface area (Å²) in [6, 6.07) is 1.76. The van der Waals surface area contributed by atoms with E-state index in [1.54, 1.807) is 19.3 Å². The predicted molar refractivity (Wildman–Crippen MR) is 83.9 cm³/mol. The first kappa shape index (κ1) is 16.2. The van der Waals surface area contributed by atoms with Gasteiger partial charge in [0, 0.05) is 32.0 Å². The molecule has 7 heteroatoms. The highest BCUT2D eigenvalue weighted by Gasteiger charge is 2.31. The molecular formula is C14H24N4O2S. The van der Waals surface area contributed by atoms with E-state index in [1.807, 2.05) is 6.92 Å². The molecule has 0 radical (unpaired) electrons. The maximum atomic E-state index is 12.8. The Hall–Kier alpha value is -1.18. The van der Waals surface area contributed by atoms with E-state index in [4.69, 9.17) is 0 Å². The van der Waals surface area contributed by atoms with Gasteiger partial charge in [-0.05, 0) is 46.0 Å². The van der Waals surface area contributed by atoms with Crippen LogP contribution in [0.2, 0.25) is 0 Å². The third-order valence-electron chi connectivity index (χ3n) is 4.01. The molecule has 2 heterocycles. The van der Waals surface area contributed by atoms with Crippen LogP contribution in [0.25, 0.3) is 0 Å². The van der Waals surface area contributed by atoms with Gasteiger partial charge < -0.3 is 10.2 Å². The van der Waals surface area contributed by atoms with Crippen molar-refractivity contribution in [3.63, 3.8) is 0 Å². The third-order valence-corrected chi connectivity index (χ3v) is 5.95. The highest BCUT2D eigenvalue weighted by Crippen LogP contribution is 2.26. The molecule has 0 bridgehead atoms. The van der Waals surface area contributed by atoms with Crippen molar-refractivity contribution in [2.45, 2.75) is 30.7 Å². The van der Waals surface area contributed by atoms with Crippen LogP contribution in [0.1, 0.15) is 19.8 Å².